The third-order valence-corrected chi connectivity index (χ3v) is 5.72. The Bertz CT molecular complexity index is 574. The Morgan fingerprint density at radius 2 is 1.81 bits per heavy atom. The van der Waals surface area contributed by atoms with Gasteiger partial charge in [0.05, 0.1) is 18.1 Å². The Kier molecular flexibility index (Phi) is 6.86. The summed E-state index contributed by atoms with van der Waals surface area (Å²) >= 11 is 0. The fourth-order valence-electron chi connectivity index (χ4n) is 4.14. The summed E-state index contributed by atoms with van der Waals surface area (Å²) in [5.41, 5.74) is 5.01. The molecule has 2 unspecified atom stereocenters. The highest BCUT2D eigenvalue weighted by molar-refractivity contribution is 5.90. The lowest BCUT2D eigenvalue weighted by molar-refractivity contribution is -0.142. The third kappa shape index (κ3) is 5.42. The number of likely N-dealkylation sites (tertiary alicyclic amines) is 1. The summed E-state index contributed by atoms with van der Waals surface area (Å²) < 4.78 is 0. The van der Waals surface area contributed by atoms with Crippen molar-refractivity contribution in [3.63, 3.8) is 0 Å². The summed E-state index contributed by atoms with van der Waals surface area (Å²) in [6.45, 7) is 5.95. The van der Waals surface area contributed by atoms with Gasteiger partial charge in [-0.3, -0.25) is 14.4 Å². The number of carboxylic acid groups (broad SMARTS) is 1. The van der Waals surface area contributed by atoms with Gasteiger partial charge < -0.3 is 26.2 Å². The number of hydrogen-bond acceptors (Lipinski definition) is 5. The van der Waals surface area contributed by atoms with E-state index in [4.69, 9.17) is 5.73 Å². The van der Waals surface area contributed by atoms with Gasteiger partial charge in [0.2, 0.25) is 11.8 Å². The molecule has 0 aromatic heterocycles. The number of carbonyl (C=O) groups is 3. The van der Waals surface area contributed by atoms with Crippen LogP contribution >= 0.6 is 0 Å². The van der Waals surface area contributed by atoms with Gasteiger partial charge in [-0.25, -0.2) is 0 Å². The molecule has 5 atom stereocenters. The highest BCUT2D eigenvalue weighted by atomic mass is 16.4. The molecule has 5 N–H and O–H groups in total. The molecule has 1 saturated carbocycles. The van der Waals surface area contributed by atoms with Crippen LogP contribution in [0, 0.1) is 11.3 Å². The maximum absolute atomic E-state index is 13.2. The fraction of sp³-hybridized carbons (Fsp3) is 0.842. The van der Waals surface area contributed by atoms with Crippen molar-refractivity contribution in [3.8, 4) is 0 Å². The topological polar surface area (TPSA) is 133 Å². The van der Waals surface area contributed by atoms with Crippen molar-refractivity contribution in [1.82, 2.24) is 10.2 Å². The van der Waals surface area contributed by atoms with E-state index in [9.17, 15) is 24.6 Å². The number of carboxylic acids is 1. The second-order valence-corrected chi connectivity index (χ2v) is 9.00. The predicted octanol–water partition coefficient (Wildman–Crippen LogP) is 0.471. The third-order valence-electron chi connectivity index (χ3n) is 5.72. The molecule has 8 heteroatoms. The SMILES string of the molecule is CC(C)(C)[C@H](NC1CCCC(C(=O)O)CC1)C(=O)N1C[C@H](O)C[C@H]1C(N)=O. The van der Waals surface area contributed by atoms with E-state index in [2.05, 4.69) is 5.32 Å². The van der Waals surface area contributed by atoms with E-state index in [0.717, 1.165) is 12.8 Å². The van der Waals surface area contributed by atoms with Crippen LogP contribution in [-0.4, -0.2) is 63.7 Å². The number of β-amino-alcohol motifs (C(OH)–C–C–N with tert-alkyl or cyclic N) is 1. The fourth-order valence-corrected chi connectivity index (χ4v) is 4.14. The maximum atomic E-state index is 13.2. The van der Waals surface area contributed by atoms with Gasteiger partial charge in [-0.15, -0.1) is 0 Å². The van der Waals surface area contributed by atoms with Crippen LogP contribution in [0.4, 0.5) is 0 Å². The number of aliphatic hydroxyl groups excluding tert-OH is 1. The van der Waals surface area contributed by atoms with E-state index in [0.29, 0.717) is 19.3 Å². The van der Waals surface area contributed by atoms with Gasteiger partial charge in [0.25, 0.3) is 0 Å². The quantitative estimate of drug-likeness (QED) is 0.510. The van der Waals surface area contributed by atoms with Crippen LogP contribution in [0.3, 0.4) is 0 Å². The molecule has 0 aromatic rings. The summed E-state index contributed by atoms with van der Waals surface area (Å²) in [6.07, 6.45) is 2.97. The number of aliphatic hydroxyl groups is 1. The molecular formula is C19H33N3O5. The van der Waals surface area contributed by atoms with E-state index in [1.807, 2.05) is 20.8 Å². The molecule has 2 amide bonds. The van der Waals surface area contributed by atoms with Gasteiger partial charge in [0.15, 0.2) is 0 Å². The molecule has 1 aliphatic carbocycles. The maximum Gasteiger partial charge on any atom is 0.306 e. The van der Waals surface area contributed by atoms with Gasteiger partial charge in [-0.2, -0.15) is 0 Å². The summed E-state index contributed by atoms with van der Waals surface area (Å²) in [4.78, 5) is 37.6. The van der Waals surface area contributed by atoms with Crippen LogP contribution in [0.25, 0.3) is 0 Å². The smallest absolute Gasteiger partial charge is 0.306 e. The van der Waals surface area contributed by atoms with Crippen molar-refractivity contribution < 1.29 is 24.6 Å². The molecule has 2 aliphatic rings. The number of nitrogens with two attached hydrogens (primary N) is 1. The van der Waals surface area contributed by atoms with Gasteiger partial charge in [-0.1, -0.05) is 27.2 Å². The van der Waals surface area contributed by atoms with Crippen LogP contribution in [-0.2, 0) is 14.4 Å². The number of rotatable bonds is 5. The van der Waals surface area contributed by atoms with Crippen LogP contribution in [0.2, 0.25) is 0 Å². The zero-order valence-corrected chi connectivity index (χ0v) is 16.5. The largest absolute Gasteiger partial charge is 0.481 e. The summed E-state index contributed by atoms with van der Waals surface area (Å²) in [6, 6.07) is -1.29. The Hall–Kier alpha value is -1.67. The van der Waals surface area contributed by atoms with Crippen molar-refractivity contribution in [2.75, 3.05) is 6.54 Å². The Balaban J connectivity index is 2.12. The first-order valence-electron chi connectivity index (χ1n) is 9.77. The lowest BCUT2D eigenvalue weighted by Gasteiger charge is -2.37. The average Bonchev–Trinajstić information content (AvgIpc) is 2.79. The second kappa shape index (κ2) is 8.56. The predicted molar refractivity (Wildman–Crippen MR) is 99.7 cm³/mol. The number of hydrogen-bond donors (Lipinski definition) is 4. The number of nitrogens with one attached hydrogen (secondary N) is 1. The molecule has 8 nitrogen and oxygen atoms in total. The first kappa shape index (κ1) is 21.6. The zero-order chi connectivity index (χ0) is 20.4. The van der Waals surface area contributed by atoms with Crippen molar-refractivity contribution >= 4 is 17.8 Å². The Labute approximate surface area is 160 Å². The van der Waals surface area contributed by atoms with E-state index in [-0.39, 0.29) is 30.8 Å². The van der Waals surface area contributed by atoms with Crippen molar-refractivity contribution in [3.05, 3.63) is 0 Å². The van der Waals surface area contributed by atoms with Gasteiger partial charge >= 0.3 is 5.97 Å². The normalized spacial score (nSPS) is 30.6. The van der Waals surface area contributed by atoms with Crippen LogP contribution < -0.4 is 11.1 Å². The summed E-state index contributed by atoms with van der Waals surface area (Å²) in [5, 5.41) is 22.6. The molecule has 0 spiro atoms. The lowest BCUT2D eigenvalue weighted by Crippen LogP contribution is -2.58. The molecule has 1 saturated heterocycles. The van der Waals surface area contributed by atoms with Crippen molar-refractivity contribution in [1.29, 1.82) is 0 Å². The minimum absolute atomic E-state index is 0.0436. The van der Waals surface area contributed by atoms with Crippen molar-refractivity contribution in [2.45, 2.75) is 83.5 Å². The molecular weight excluding hydrogens is 350 g/mol. The summed E-state index contributed by atoms with van der Waals surface area (Å²) in [7, 11) is 0. The highest BCUT2D eigenvalue weighted by Gasteiger charge is 2.44. The van der Waals surface area contributed by atoms with Gasteiger partial charge in [0, 0.05) is 19.0 Å². The minimum atomic E-state index is -0.787. The van der Waals surface area contributed by atoms with E-state index in [1.165, 1.54) is 4.90 Å². The zero-order valence-electron chi connectivity index (χ0n) is 16.5. The summed E-state index contributed by atoms with van der Waals surface area (Å²) in [5.74, 6) is -1.92. The molecule has 1 heterocycles. The van der Waals surface area contributed by atoms with E-state index < -0.39 is 35.5 Å². The Morgan fingerprint density at radius 1 is 1.15 bits per heavy atom. The molecule has 0 radical (unpaired) electrons. The number of primary amides is 1. The minimum Gasteiger partial charge on any atom is -0.481 e. The number of amides is 2. The molecule has 1 aliphatic heterocycles. The Morgan fingerprint density at radius 3 is 2.37 bits per heavy atom. The van der Waals surface area contributed by atoms with E-state index in [1.54, 1.807) is 0 Å². The molecule has 0 aromatic carbocycles. The first-order chi connectivity index (χ1) is 12.5. The number of nitrogens with zero attached hydrogens (tertiary/aromatic N) is 1. The standard InChI is InChI=1S/C19H33N3O5/c1-19(2,3)15(17(25)22-10-13(23)9-14(22)16(20)24)21-12-6-4-5-11(7-8-12)18(26)27/h11-15,21,23H,4-10H2,1-3H3,(H2,20,24)(H,26,27)/t11?,12?,13-,14+,15-/m1/s1. The average molecular weight is 383 g/mol. The lowest BCUT2D eigenvalue weighted by atomic mass is 9.84. The second-order valence-electron chi connectivity index (χ2n) is 9.00. The molecule has 154 valence electrons. The van der Waals surface area contributed by atoms with E-state index >= 15 is 0 Å². The highest BCUT2D eigenvalue weighted by Crippen LogP contribution is 2.29. The first-order valence-corrected chi connectivity index (χ1v) is 9.77. The van der Waals surface area contributed by atoms with Crippen molar-refractivity contribution in [2.24, 2.45) is 17.1 Å². The molecule has 0 bridgehead atoms. The van der Waals surface area contributed by atoms with Crippen LogP contribution in [0.15, 0.2) is 0 Å². The van der Waals surface area contributed by atoms with Gasteiger partial charge in [-0.05, 0) is 31.1 Å². The monoisotopic (exact) mass is 383 g/mol. The molecule has 27 heavy (non-hydrogen) atoms. The molecule has 2 fully saturated rings. The molecule has 2 rings (SSSR count). The van der Waals surface area contributed by atoms with Crippen LogP contribution in [0.1, 0.15) is 59.3 Å². The van der Waals surface area contributed by atoms with Gasteiger partial charge in [0.1, 0.15) is 6.04 Å². The number of carbonyl (C=O) groups excluding carboxylic acids is 2. The number of aliphatic carboxylic acids is 1. The van der Waals surface area contributed by atoms with Crippen LogP contribution in [0.5, 0.6) is 0 Å².